The van der Waals surface area contributed by atoms with Crippen molar-refractivity contribution in [2.45, 2.75) is 51.4 Å². The smallest absolute Gasteiger partial charge is 0.303 e. The van der Waals surface area contributed by atoms with Gasteiger partial charge in [-0.2, -0.15) is 0 Å². The molecular formula is C22H29N3O3. The van der Waals surface area contributed by atoms with Crippen LogP contribution in [0.4, 0.5) is 0 Å². The number of hydrogen-bond acceptors (Lipinski definition) is 3. The quantitative estimate of drug-likeness (QED) is 0.825. The molecular weight excluding hydrogens is 354 g/mol. The summed E-state index contributed by atoms with van der Waals surface area (Å²) in [6, 6.07) is 7.91. The van der Waals surface area contributed by atoms with Crippen LogP contribution in [0.1, 0.15) is 50.8 Å². The number of H-pyrrole nitrogens is 1. The average molecular weight is 383 g/mol. The molecule has 2 atom stereocenters. The van der Waals surface area contributed by atoms with E-state index < -0.39 is 5.97 Å². The number of nitrogens with one attached hydrogen (secondary N) is 1. The molecule has 2 aromatic rings. The number of aliphatic carboxylic acids is 1. The first-order chi connectivity index (χ1) is 13.6. The molecule has 1 aliphatic carbocycles. The minimum atomic E-state index is -0.758. The van der Waals surface area contributed by atoms with E-state index in [9.17, 15) is 14.7 Å². The maximum Gasteiger partial charge on any atom is 0.303 e. The van der Waals surface area contributed by atoms with Gasteiger partial charge in [-0.3, -0.25) is 9.59 Å². The number of carbonyl (C=O) groups is 2. The Labute approximate surface area is 165 Å². The molecule has 1 saturated heterocycles. The van der Waals surface area contributed by atoms with Gasteiger partial charge in [0.05, 0.1) is 11.0 Å². The summed E-state index contributed by atoms with van der Waals surface area (Å²) in [5, 5.41) is 9.34. The zero-order chi connectivity index (χ0) is 19.5. The molecule has 4 rings (SSSR count). The van der Waals surface area contributed by atoms with Gasteiger partial charge in [-0.15, -0.1) is 0 Å². The van der Waals surface area contributed by atoms with Crippen molar-refractivity contribution in [3.05, 3.63) is 30.1 Å². The molecule has 1 amide bonds. The number of nitrogens with zero attached hydrogens (tertiary/aromatic N) is 2. The second-order valence-electron chi connectivity index (χ2n) is 8.43. The van der Waals surface area contributed by atoms with E-state index in [1.54, 1.807) is 0 Å². The second kappa shape index (κ2) is 8.33. The van der Waals surface area contributed by atoms with Gasteiger partial charge in [0.1, 0.15) is 5.82 Å². The lowest BCUT2D eigenvalue weighted by Crippen LogP contribution is -2.47. The number of aromatic nitrogens is 2. The fraction of sp³-hybridized carbons (Fsp3) is 0.591. The molecule has 0 bridgehead atoms. The lowest BCUT2D eigenvalue weighted by molar-refractivity contribution is -0.141. The largest absolute Gasteiger partial charge is 0.481 e. The van der Waals surface area contributed by atoms with E-state index in [-0.39, 0.29) is 30.1 Å². The molecule has 2 heterocycles. The number of aromatic amines is 1. The van der Waals surface area contributed by atoms with Crippen molar-refractivity contribution in [2.24, 2.45) is 17.8 Å². The minimum absolute atomic E-state index is 0.0844. The first-order valence-electron chi connectivity index (χ1n) is 10.5. The third-order valence-corrected chi connectivity index (χ3v) is 6.49. The van der Waals surface area contributed by atoms with E-state index in [1.165, 1.54) is 6.42 Å². The van der Waals surface area contributed by atoms with Gasteiger partial charge in [-0.1, -0.05) is 31.4 Å². The van der Waals surface area contributed by atoms with E-state index >= 15 is 0 Å². The number of likely N-dealkylation sites (tertiary alicyclic amines) is 1. The number of rotatable bonds is 5. The molecule has 0 spiro atoms. The minimum Gasteiger partial charge on any atom is -0.481 e. The highest BCUT2D eigenvalue weighted by Crippen LogP contribution is 2.32. The predicted octanol–water partition coefficient (Wildman–Crippen LogP) is 3.63. The molecule has 1 aliphatic heterocycles. The zero-order valence-electron chi connectivity index (χ0n) is 16.3. The molecule has 1 saturated carbocycles. The summed E-state index contributed by atoms with van der Waals surface area (Å²) in [5.74, 6) is 0.777. The fourth-order valence-corrected chi connectivity index (χ4v) is 4.96. The number of para-hydroxylation sites is 2. The summed E-state index contributed by atoms with van der Waals surface area (Å²) in [4.78, 5) is 34.4. The van der Waals surface area contributed by atoms with Gasteiger partial charge < -0.3 is 15.0 Å². The number of benzene rings is 1. The average Bonchev–Trinajstić information content (AvgIpc) is 3.11. The standard InChI is InChI=1S/C22H29N3O3/c26-21(27)13-16-10-11-25(22(28)15-6-2-1-3-7-15)14-17(16)12-20-23-18-8-4-5-9-19(18)24-20/h4-5,8-9,15-17H,1-3,6-7,10-14H2,(H,23,24)(H,26,27)/t16-,17-/m0/s1. The van der Waals surface area contributed by atoms with E-state index in [1.807, 2.05) is 29.2 Å². The van der Waals surface area contributed by atoms with Gasteiger partial charge in [-0.25, -0.2) is 4.98 Å². The zero-order valence-corrected chi connectivity index (χ0v) is 16.3. The molecule has 150 valence electrons. The number of carbonyl (C=O) groups excluding carboxylic acids is 1. The normalized spacial score (nSPS) is 23.8. The second-order valence-corrected chi connectivity index (χ2v) is 8.43. The van der Waals surface area contributed by atoms with Crippen molar-refractivity contribution in [1.82, 2.24) is 14.9 Å². The third kappa shape index (κ3) is 4.21. The Kier molecular flexibility index (Phi) is 5.64. The van der Waals surface area contributed by atoms with Gasteiger partial charge in [0.2, 0.25) is 5.91 Å². The number of fused-ring (bicyclic) bond motifs is 1. The van der Waals surface area contributed by atoms with Gasteiger partial charge >= 0.3 is 5.97 Å². The maximum absolute atomic E-state index is 13.0. The van der Waals surface area contributed by atoms with Crippen molar-refractivity contribution in [2.75, 3.05) is 13.1 Å². The highest BCUT2D eigenvalue weighted by molar-refractivity contribution is 5.79. The number of amides is 1. The van der Waals surface area contributed by atoms with Crippen LogP contribution in [0.3, 0.4) is 0 Å². The van der Waals surface area contributed by atoms with Crippen molar-refractivity contribution < 1.29 is 14.7 Å². The van der Waals surface area contributed by atoms with E-state index in [2.05, 4.69) is 9.97 Å². The molecule has 0 radical (unpaired) electrons. The van der Waals surface area contributed by atoms with Crippen molar-refractivity contribution in [3.8, 4) is 0 Å². The van der Waals surface area contributed by atoms with Gasteiger partial charge in [-0.05, 0) is 43.2 Å². The van der Waals surface area contributed by atoms with Crippen molar-refractivity contribution in [3.63, 3.8) is 0 Å². The van der Waals surface area contributed by atoms with Crippen LogP contribution in [0.15, 0.2) is 24.3 Å². The van der Waals surface area contributed by atoms with E-state index in [0.717, 1.165) is 49.0 Å². The van der Waals surface area contributed by atoms with E-state index in [0.29, 0.717) is 19.5 Å². The Morgan fingerprint density at radius 3 is 2.64 bits per heavy atom. The molecule has 28 heavy (non-hydrogen) atoms. The Morgan fingerprint density at radius 1 is 1.11 bits per heavy atom. The van der Waals surface area contributed by atoms with Crippen LogP contribution in [-0.2, 0) is 16.0 Å². The molecule has 0 unspecified atom stereocenters. The summed E-state index contributed by atoms with van der Waals surface area (Å²) in [7, 11) is 0. The van der Waals surface area contributed by atoms with Crippen LogP contribution in [-0.4, -0.2) is 44.9 Å². The molecule has 1 aromatic heterocycles. The number of hydrogen-bond donors (Lipinski definition) is 2. The summed E-state index contributed by atoms with van der Waals surface area (Å²) in [6.45, 7) is 1.33. The monoisotopic (exact) mass is 383 g/mol. The predicted molar refractivity (Wildman–Crippen MR) is 107 cm³/mol. The Morgan fingerprint density at radius 2 is 1.89 bits per heavy atom. The topological polar surface area (TPSA) is 86.3 Å². The highest BCUT2D eigenvalue weighted by Gasteiger charge is 2.35. The lowest BCUT2D eigenvalue weighted by atomic mass is 9.80. The summed E-state index contributed by atoms with van der Waals surface area (Å²) in [5.41, 5.74) is 1.93. The first-order valence-corrected chi connectivity index (χ1v) is 10.5. The Hall–Kier alpha value is -2.37. The lowest BCUT2D eigenvalue weighted by Gasteiger charge is -2.40. The number of piperidine rings is 1. The first kappa shape index (κ1) is 19.0. The van der Waals surface area contributed by atoms with Crippen molar-refractivity contribution >= 4 is 22.9 Å². The van der Waals surface area contributed by atoms with Crippen molar-refractivity contribution in [1.29, 1.82) is 0 Å². The third-order valence-electron chi connectivity index (χ3n) is 6.49. The maximum atomic E-state index is 13.0. The number of carboxylic acid groups (broad SMARTS) is 1. The summed E-state index contributed by atoms with van der Waals surface area (Å²) < 4.78 is 0. The number of carboxylic acids is 1. The molecule has 2 fully saturated rings. The molecule has 1 aromatic carbocycles. The van der Waals surface area contributed by atoms with Crippen LogP contribution in [0.25, 0.3) is 11.0 Å². The van der Waals surface area contributed by atoms with Crippen LogP contribution in [0, 0.1) is 17.8 Å². The Balaban J connectivity index is 1.49. The molecule has 6 nitrogen and oxygen atoms in total. The Bertz CT molecular complexity index is 807. The molecule has 2 N–H and O–H groups in total. The highest BCUT2D eigenvalue weighted by atomic mass is 16.4. The van der Waals surface area contributed by atoms with E-state index in [4.69, 9.17) is 0 Å². The van der Waals surface area contributed by atoms with Gasteiger partial charge in [0, 0.05) is 31.8 Å². The summed E-state index contributed by atoms with van der Waals surface area (Å²) in [6.07, 6.45) is 7.14. The van der Waals surface area contributed by atoms with Crippen LogP contribution >= 0.6 is 0 Å². The van der Waals surface area contributed by atoms with Crippen LogP contribution in [0.5, 0.6) is 0 Å². The SMILES string of the molecule is O=C(O)C[C@@H]1CCN(C(=O)C2CCCCC2)C[C@@H]1Cc1nc2ccccc2[nH]1. The van der Waals surface area contributed by atoms with Crippen LogP contribution in [0.2, 0.25) is 0 Å². The molecule has 6 heteroatoms. The number of imidazole rings is 1. The van der Waals surface area contributed by atoms with Gasteiger partial charge in [0.25, 0.3) is 0 Å². The van der Waals surface area contributed by atoms with Gasteiger partial charge in [0.15, 0.2) is 0 Å². The summed E-state index contributed by atoms with van der Waals surface area (Å²) >= 11 is 0. The van der Waals surface area contributed by atoms with Crippen LogP contribution < -0.4 is 0 Å². The molecule has 2 aliphatic rings. The fourth-order valence-electron chi connectivity index (χ4n) is 4.96.